The molecule has 0 fully saturated rings. The molecule has 0 atom stereocenters. The van der Waals surface area contributed by atoms with Crippen LogP contribution in [-0.4, -0.2) is 14.8 Å². The average molecular weight is 413 g/mol. The lowest BCUT2D eigenvalue weighted by molar-refractivity contribution is -0.137. The van der Waals surface area contributed by atoms with Crippen LogP contribution in [0.4, 0.5) is 13.2 Å². The van der Waals surface area contributed by atoms with Crippen molar-refractivity contribution in [3.8, 4) is 11.4 Å². The lowest BCUT2D eigenvalue weighted by Crippen LogP contribution is -2.06. The molecular weight excluding hydrogens is 403 g/mol. The van der Waals surface area contributed by atoms with E-state index in [1.807, 2.05) is 6.92 Å². The molecule has 0 aliphatic carbocycles. The summed E-state index contributed by atoms with van der Waals surface area (Å²) in [7, 11) is 0. The normalized spacial score (nSPS) is 11.9. The summed E-state index contributed by atoms with van der Waals surface area (Å²) >= 11 is 6.55. The Bertz CT molecular complexity index is 623. The molecular formula is C12H10Br2F3N3. The first-order valence-electron chi connectivity index (χ1n) is 5.73. The zero-order valence-electron chi connectivity index (χ0n) is 10.4. The molecule has 0 aliphatic rings. The fourth-order valence-corrected chi connectivity index (χ4v) is 2.68. The second-order valence-corrected chi connectivity index (χ2v) is 5.43. The zero-order chi connectivity index (χ0) is 14.9. The number of aromatic nitrogens is 3. The van der Waals surface area contributed by atoms with Crippen molar-refractivity contribution < 1.29 is 13.2 Å². The first-order valence-corrected chi connectivity index (χ1v) is 7.65. The van der Waals surface area contributed by atoms with Crippen LogP contribution in [0.15, 0.2) is 22.7 Å². The molecule has 108 valence electrons. The minimum atomic E-state index is -4.38. The van der Waals surface area contributed by atoms with E-state index in [1.54, 1.807) is 4.57 Å². The fourth-order valence-electron chi connectivity index (χ4n) is 1.84. The minimum absolute atomic E-state index is 0.376. The highest BCUT2D eigenvalue weighted by molar-refractivity contribution is 9.10. The van der Waals surface area contributed by atoms with Crippen LogP contribution in [0.25, 0.3) is 11.4 Å². The summed E-state index contributed by atoms with van der Waals surface area (Å²) in [5, 5.41) is 8.47. The van der Waals surface area contributed by atoms with Gasteiger partial charge in [-0.05, 0) is 25.1 Å². The Morgan fingerprint density at radius 2 is 1.95 bits per heavy atom. The summed E-state index contributed by atoms with van der Waals surface area (Å²) < 4.78 is 40.7. The van der Waals surface area contributed by atoms with Crippen molar-refractivity contribution in [3.63, 3.8) is 0 Å². The SMILES string of the molecule is CCn1c(CBr)nnc1-c1cc(C(F)(F)F)ccc1Br. The van der Waals surface area contributed by atoms with E-state index < -0.39 is 11.7 Å². The van der Waals surface area contributed by atoms with E-state index in [0.717, 1.165) is 12.1 Å². The topological polar surface area (TPSA) is 30.7 Å². The van der Waals surface area contributed by atoms with E-state index in [2.05, 4.69) is 42.1 Å². The van der Waals surface area contributed by atoms with Crippen LogP contribution in [0.2, 0.25) is 0 Å². The third kappa shape index (κ3) is 2.90. The second kappa shape index (κ2) is 5.85. The van der Waals surface area contributed by atoms with Crippen LogP contribution in [0.3, 0.4) is 0 Å². The van der Waals surface area contributed by atoms with E-state index in [4.69, 9.17) is 0 Å². The van der Waals surface area contributed by atoms with Crippen molar-refractivity contribution in [1.82, 2.24) is 14.8 Å². The molecule has 0 amide bonds. The van der Waals surface area contributed by atoms with Gasteiger partial charge in [0.15, 0.2) is 5.82 Å². The quantitative estimate of drug-likeness (QED) is 0.687. The molecule has 0 saturated heterocycles. The highest BCUT2D eigenvalue weighted by Crippen LogP contribution is 2.35. The Hall–Kier alpha value is -0.890. The summed E-state index contributed by atoms with van der Waals surface area (Å²) in [5.41, 5.74) is -0.330. The molecule has 0 spiro atoms. The van der Waals surface area contributed by atoms with E-state index in [1.165, 1.54) is 6.07 Å². The van der Waals surface area contributed by atoms with Crippen LogP contribution >= 0.6 is 31.9 Å². The summed E-state index contributed by atoms with van der Waals surface area (Å²) in [6.07, 6.45) is -4.38. The molecule has 2 rings (SSSR count). The van der Waals surface area contributed by atoms with Gasteiger partial charge >= 0.3 is 6.18 Å². The molecule has 1 aromatic heterocycles. The van der Waals surface area contributed by atoms with Gasteiger partial charge in [-0.3, -0.25) is 0 Å². The first-order chi connectivity index (χ1) is 9.38. The van der Waals surface area contributed by atoms with Gasteiger partial charge in [0, 0.05) is 16.6 Å². The highest BCUT2D eigenvalue weighted by atomic mass is 79.9. The number of halogens is 5. The van der Waals surface area contributed by atoms with Crippen molar-refractivity contribution in [2.75, 3.05) is 0 Å². The Morgan fingerprint density at radius 1 is 1.25 bits per heavy atom. The fraction of sp³-hybridized carbons (Fsp3) is 0.333. The number of nitrogens with zero attached hydrogens (tertiary/aromatic N) is 3. The van der Waals surface area contributed by atoms with E-state index >= 15 is 0 Å². The highest BCUT2D eigenvalue weighted by Gasteiger charge is 2.31. The number of hydrogen-bond acceptors (Lipinski definition) is 2. The first kappa shape index (κ1) is 15.5. The van der Waals surface area contributed by atoms with E-state index in [0.29, 0.717) is 33.6 Å². The standard InChI is InChI=1S/C12H10Br2F3N3/c1-2-20-10(6-13)18-19-11(20)8-5-7(12(15,16)17)3-4-9(8)14/h3-5H,2,6H2,1H3. The Kier molecular flexibility index (Phi) is 4.53. The number of rotatable bonds is 3. The monoisotopic (exact) mass is 411 g/mol. The van der Waals surface area contributed by atoms with Gasteiger partial charge in [0.05, 0.1) is 10.9 Å². The molecule has 0 aliphatic heterocycles. The summed E-state index contributed by atoms with van der Waals surface area (Å²) in [4.78, 5) is 0. The van der Waals surface area contributed by atoms with Crippen molar-refractivity contribution in [1.29, 1.82) is 0 Å². The van der Waals surface area contributed by atoms with Crippen molar-refractivity contribution >= 4 is 31.9 Å². The molecule has 2 aromatic rings. The molecule has 0 bridgehead atoms. The molecule has 8 heteroatoms. The van der Waals surface area contributed by atoms with Crippen LogP contribution in [0.5, 0.6) is 0 Å². The molecule has 20 heavy (non-hydrogen) atoms. The molecule has 1 heterocycles. The summed E-state index contributed by atoms with van der Waals surface area (Å²) in [5.74, 6) is 1.09. The third-order valence-electron chi connectivity index (χ3n) is 2.80. The van der Waals surface area contributed by atoms with Crippen LogP contribution in [-0.2, 0) is 18.1 Å². The molecule has 0 unspecified atom stereocenters. The van der Waals surface area contributed by atoms with Gasteiger partial charge in [0.1, 0.15) is 5.82 Å². The predicted molar refractivity (Wildman–Crippen MR) is 76.5 cm³/mol. The van der Waals surface area contributed by atoms with Gasteiger partial charge in [-0.2, -0.15) is 13.2 Å². The van der Waals surface area contributed by atoms with Crippen LogP contribution < -0.4 is 0 Å². The number of alkyl halides is 4. The van der Waals surface area contributed by atoms with Gasteiger partial charge in [-0.1, -0.05) is 31.9 Å². The van der Waals surface area contributed by atoms with Gasteiger partial charge in [0.2, 0.25) is 0 Å². The van der Waals surface area contributed by atoms with Crippen LogP contribution in [0.1, 0.15) is 18.3 Å². The van der Waals surface area contributed by atoms with Gasteiger partial charge in [-0.15, -0.1) is 10.2 Å². The molecule has 0 radical (unpaired) electrons. The predicted octanol–water partition coefficient (Wildman–Crippen LogP) is 4.64. The maximum atomic E-state index is 12.8. The van der Waals surface area contributed by atoms with Crippen LogP contribution in [0, 0.1) is 0 Å². The summed E-state index contributed by atoms with van der Waals surface area (Å²) in [6, 6.07) is 3.49. The maximum absolute atomic E-state index is 12.8. The Balaban J connectivity index is 2.60. The number of hydrogen-bond donors (Lipinski definition) is 0. The van der Waals surface area contributed by atoms with Crippen molar-refractivity contribution in [2.24, 2.45) is 0 Å². The second-order valence-electron chi connectivity index (χ2n) is 4.01. The average Bonchev–Trinajstić information content (AvgIpc) is 2.80. The molecule has 0 N–H and O–H groups in total. The van der Waals surface area contributed by atoms with Gasteiger partial charge in [-0.25, -0.2) is 0 Å². The number of benzene rings is 1. The molecule has 0 saturated carbocycles. The van der Waals surface area contributed by atoms with Gasteiger partial charge < -0.3 is 4.57 Å². The summed E-state index contributed by atoms with van der Waals surface area (Å²) in [6.45, 7) is 2.46. The zero-order valence-corrected chi connectivity index (χ0v) is 13.5. The minimum Gasteiger partial charge on any atom is -0.311 e. The van der Waals surface area contributed by atoms with E-state index in [9.17, 15) is 13.2 Å². The largest absolute Gasteiger partial charge is 0.416 e. The molecule has 1 aromatic carbocycles. The van der Waals surface area contributed by atoms with Crippen molar-refractivity contribution in [3.05, 3.63) is 34.1 Å². The smallest absolute Gasteiger partial charge is 0.311 e. The Labute approximate surface area is 130 Å². The van der Waals surface area contributed by atoms with Crippen molar-refractivity contribution in [2.45, 2.75) is 25.0 Å². The molecule has 3 nitrogen and oxygen atoms in total. The third-order valence-corrected chi connectivity index (χ3v) is 3.99. The maximum Gasteiger partial charge on any atom is 0.416 e. The van der Waals surface area contributed by atoms with Gasteiger partial charge in [0.25, 0.3) is 0 Å². The lowest BCUT2D eigenvalue weighted by atomic mass is 10.1. The Morgan fingerprint density at radius 3 is 2.50 bits per heavy atom. The lowest BCUT2D eigenvalue weighted by Gasteiger charge is -2.11. The van der Waals surface area contributed by atoms with E-state index in [-0.39, 0.29) is 0 Å².